The summed E-state index contributed by atoms with van der Waals surface area (Å²) in [6.45, 7) is 0.497. The average molecular weight is 347 g/mol. The number of nitrogens with zero attached hydrogens (tertiary/aromatic N) is 4. The third-order valence-corrected chi connectivity index (χ3v) is 5.05. The molecule has 1 saturated carbocycles. The van der Waals surface area contributed by atoms with Crippen molar-refractivity contribution < 1.29 is 9.53 Å². The van der Waals surface area contributed by atoms with E-state index in [4.69, 9.17) is 4.74 Å². The second-order valence-electron chi connectivity index (χ2n) is 5.76. The fraction of sp³-hybridized carbons (Fsp3) is 0.500. The molecular formula is C16H21N5O2S. The standard InChI is InChI=1S/C16H21N5O2S/c1-23-14-8-6-12(7-9-14)10-17-15(22)11-24-16-18-19-20-21(16)13-4-2-3-5-13/h6-9,13H,2-5,10-11H2,1H3,(H,17,22). The maximum Gasteiger partial charge on any atom is 0.230 e. The Bertz CT molecular complexity index is 667. The van der Waals surface area contributed by atoms with Crippen LogP contribution in [0.15, 0.2) is 29.4 Å². The predicted octanol–water partition coefficient (Wildman–Crippen LogP) is 2.21. The second kappa shape index (κ2) is 8.14. The highest BCUT2D eigenvalue weighted by Crippen LogP contribution is 2.31. The normalized spacial score (nSPS) is 14.7. The van der Waals surface area contributed by atoms with E-state index in [1.165, 1.54) is 24.6 Å². The predicted molar refractivity (Wildman–Crippen MR) is 90.9 cm³/mol. The molecule has 0 saturated heterocycles. The van der Waals surface area contributed by atoms with Gasteiger partial charge in [-0.3, -0.25) is 4.79 Å². The molecule has 1 aromatic heterocycles. The number of methoxy groups -OCH3 is 1. The molecule has 1 amide bonds. The highest BCUT2D eigenvalue weighted by molar-refractivity contribution is 7.99. The molecule has 1 aliphatic rings. The van der Waals surface area contributed by atoms with Gasteiger partial charge in [-0.15, -0.1) is 5.10 Å². The summed E-state index contributed by atoms with van der Waals surface area (Å²) < 4.78 is 6.99. The van der Waals surface area contributed by atoms with E-state index in [2.05, 4.69) is 20.8 Å². The lowest BCUT2D eigenvalue weighted by atomic mass is 10.2. The fourth-order valence-corrected chi connectivity index (χ4v) is 3.56. The minimum atomic E-state index is -0.0308. The van der Waals surface area contributed by atoms with Crippen LogP contribution in [0.2, 0.25) is 0 Å². The van der Waals surface area contributed by atoms with Crippen LogP contribution in [0.4, 0.5) is 0 Å². The van der Waals surface area contributed by atoms with E-state index in [0.29, 0.717) is 18.3 Å². The molecule has 24 heavy (non-hydrogen) atoms. The van der Waals surface area contributed by atoms with Crippen molar-refractivity contribution in [2.24, 2.45) is 0 Å². The number of nitrogens with one attached hydrogen (secondary N) is 1. The summed E-state index contributed by atoms with van der Waals surface area (Å²) in [4.78, 5) is 12.0. The Morgan fingerprint density at radius 1 is 1.33 bits per heavy atom. The molecule has 0 bridgehead atoms. The van der Waals surface area contributed by atoms with Gasteiger partial charge in [-0.25, -0.2) is 4.68 Å². The highest BCUT2D eigenvalue weighted by Gasteiger charge is 2.21. The van der Waals surface area contributed by atoms with Crippen LogP contribution in [-0.4, -0.2) is 39.0 Å². The number of thioether (sulfide) groups is 1. The van der Waals surface area contributed by atoms with Crippen molar-refractivity contribution in [3.8, 4) is 5.75 Å². The maximum atomic E-state index is 12.0. The van der Waals surface area contributed by atoms with Gasteiger partial charge in [0.2, 0.25) is 11.1 Å². The third-order valence-electron chi connectivity index (χ3n) is 4.11. The van der Waals surface area contributed by atoms with E-state index < -0.39 is 0 Å². The minimum absolute atomic E-state index is 0.0308. The van der Waals surface area contributed by atoms with E-state index in [9.17, 15) is 4.79 Å². The first kappa shape index (κ1) is 16.8. The number of ether oxygens (including phenoxy) is 1. The van der Waals surface area contributed by atoms with Gasteiger partial charge in [-0.1, -0.05) is 36.7 Å². The van der Waals surface area contributed by atoms with E-state index >= 15 is 0 Å². The van der Waals surface area contributed by atoms with Crippen LogP contribution in [0, 0.1) is 0 Å². The minimum Gasteiger partial charge on any atom is -0.497 e. The zero-order chi connectivity index (χ0) is 16.8. The van der Waals surface area contributed by atoms with Crippen molar-refractivity contribution >= 4 is 17.7 Å². The van der Waals surface area contributed by atoms with Gasteiger partial charge in [0.1, 0.15) is 5.75 Å². The molecule has 1 aromatic carbocycles. The maximum absolute atomic E-state index is 12.0. The lowest BCUT2D eigenvalue weighted by molar-refractivity contribution is -0.118. The van der Waals surface area contributed by atoms with Gasteiger partial charge < -0.3 is 10.1 Å². The van der Waals surface area contributed by atoms with E-state index in [0.717, 1.165) is 29.3 Å². The van der Waals surface area contributed by atoms with Crippen molar-refractivity contribution in [2.45, 2.75) is 43.4 Å². The Labute approximate surface area is 145 Å². The Kier molecular flexibility index (Phi) is 5.68. The Morgan fingerprint density at radius 3 is 2.79 bits per heavy atom. The molecule has 0 aliphatic heterocycles. The molecular weight excluding hydrogens is 326 g/mol. The number of amides is 1. The van der Waals surface area contributed by atoms with Gasteiger partial charge in [-0.2, -0.15) is 0 Å². The lowest BCUT2D eigenvalue weighted by Crippen LogP contribution is -2.24. The van der Waals surface area contributed by atoms with Crippen LogP contribution in [-0.2, 0) is 11.3 Å². The van der Waals surface area contributed by atoms with Crippen molar-refractivity contribution in [3.05, 3.63) is 29.8 Å². The second-order valence-corrected chi connectivity index (χ2v) is 6.70. The summed E-state index contributed by atoms with van der Waals surface area (Å²) in [5.74, 6) is 1.08. The average Bonchev–Trinajstić information content (AvgIpc) is 3.29. The third kappa shape index (κ3) is 4.25. The molecule has 3 rings (SSSR count). The Morgan fingerprint density at radius 2 is 2.08 bits per heavy atom. The summed E-state index contributed by atoms with van der Waals surface area (Å²) >= 11 is 1.38. The summed E-state index contributed by atoms with van der Waals surface area (Å²) in [5.41, 5.74) is 1.03. The van der Waals surface area contributed by atoms with Crippen molar-refractivity contribution in [3.63, 3.8) is 0 Å². The number of hydrogen-bond donors (Lipinski definition) is 1. The van der Waals surface area contributed by atoms with E-state index in [1.54, 1.807) is 7.11 Å². The van der Waals surface area contributed by atoms with Crippen LogP contribution in [0.3, 0.4) is 0 Å². The quantitative estimate of drug-likeness (QED) is 0.773. The largest absolute Gasteiger partial charge is 0.497 e. The van der Waals surface area contributed by atoms with Crippen molar-refractivity contribution in [2.75, 3.05) is 12.9 Å². The first-order valence-corrected chi connectivity index (χ1v) is 9.05. The molecule has 1 heterocycles. The van der Waals surface area contributed by atoms with Crippen LogP contribution in [0.1, 0.15) is 37.3 Å². The number of aromatic nitrogens is 4. The monoisotopic (exact) mass is 347 g/mol. The number of benzene rings is 1. The Hall–Kier alpha value is -2.09. The summed E-state index contributed by atoms with van der Waals surface area (Å²) in [6, 6.07) is 8.02. The molecule has 0 atom stereocenters. The fourth-order valence-electron chi connectivity index (χ4n) is 2.78. The van der Waals surface area contributed by atoms with Gasteiger partial charge in [0.05, 0.1) is 18.9 Å². The first-order valence-electron chi connectivity index (χ1n) is 8.06. The van der Waals surface area contributed by atoms with Crippen LogP contribution >= 0.6 is 11.8 Å². The van der Waals surface area contributed by atoms with Gasteiger partial charge in [0.15, 0.2) is 0 Å². The SMILES string of the molecule is COc1ccc(CNC(=O)CSc2nnnn2C2CCCC2)cc1. The molecule has 0 unspecified atom stereocenters. The van der Waals surface area contributed by atoms with E-state index in [1.807, 2.05) is 28.9 Å². The number of carbonyl (C=O) groups is 1. The van der Waals surface area contributed by atoms with Gasteiger partial charge in [0, 0.05) is 6.54 Å². The summed E-state index contributed by atoms with van der Waals surface area (Å²) in [6.07, 6.45) is 4.67. The van der Waals surface area contributed by atoms with Gasteiger partial charge >= 0.3 is 0 Å². The van der Waals surface area contributed by atoms with Gasteiger partial charge in [-0.05, 0) is 41.0 Å². The number of tetrazole rings is 1. The smallest absolute Gasteiger partial charge is 0.230 e. The zero-order valence-electron chi connectivity index (χ0n) is 13.6. The van der Waals surface area contributed by atoms with Crippen LogP contribution in [0.5, 0.6) is 5.75 Å². The summed E-state index contributed by atoms with van der Waals surface area (Å²) in [5, 5.41) is 15.5. The molecule has 7 nitrogen and oxygen atoms in total. The number of carbonyl (C=O) groups excluding carboxylic acids is 1. The van der Waals surface area contributed by atoms with Crippen LogP contribution in [0.25, 0.3) is 0 Å². The molecule has 2 aromatic rings. The number of hydrogen-bond acceptors (Lipinski definition) is 6. The van der Waals surface area contributed by atoms with Crippen molar-refractivity contribution in [1.82, 2.24) is 25.5 Å². The molecule has 8 heteroatoms. The van der Waals surface area contributed by atoms with Gasteiger partial charge in [0.25, 0.3) is 0 Å². The zero-order valence-corrected chi connectivity index (χ0v) is 14.5. The number of rotatable bonds is 7. The first-order chi connectivity index (χ1) is 11.8. The van der Waals surface area contributed by atoms with Crippen molar-refractivity contribution in [1.29, 1.82) is 0 Å². The van der Waals surface area contributed by atoms with Crippen LogP contribution < -0.4 is 10.1 Å². The molecule has 1 aliphatic carbocycles. The summed E-state index contributed by atoms with van der Waals surface area (Å²) in [7, 11) is 1.63. The Balaban J connectivity index is 1.46. The van der Waals surface area contributed by atoms with E-state index in [-0.39, 0.29) is 5.91 Å². The lowest BCUT2D eigenvalue weighted by Gasteiger charge is -2.10. The molecule has 1 N–H and O–H groups in total. The molecule has 0 radical (unpaired) electrons. The topological polar surface area (TPSA) is 81.9 Å². The molecule has 0 spiro atoms. The molecule has 128 valence electrons. The highest BCUT2D eigenvalue weighted by atomic mass is 32.2. The molecule has 1 fully saturated rings.